The summed E-state index contributed by atoms with van der Waals surface area (Å²) in [5.41, 5.74) is 1.96. The van der Waals surface area contributed by atoms with Crippen molar-refractivity contribution >= 4 is 11.9 Å². The molecule has 28 heavy (non-hydrogen) atoms. The zero-order valence-electron chi connectivity index (χ0n) is 16.3. The average molecular weight is 379 g/mol. The third-order valence-corrected chi connectivity index (χ3v) is 5.60. The van der Waals surface area contributed by atoms with Gasteiger partial charge in [-0.15, -0.1) is 0 Å². The summed E-state index contributed by atoms with van der Waals surface area (Å²) in [6.07, 6.45) is 3.99. The summed E-state index contributed by atoms with van der Waals surface area (Å²) >= 11 is 0. The van der Waals surface area contributed by atoms with E-state index in [4.69, 9.17) is 9.47 Å². The van der Waals surface area contributed by atoms with Crippen LogP contribution in [-0.2, 0) is 6.54 Å². The topological polar surface area (TPSA) is 59.0 Å². The Morgan fingerprint density at radius 1 is 1.21 bits per heavy atom. The van der Waals surface area contributed by atoms with Crippen molar-refractivity contribution in [2.45, 2.75) is 26.3 Å². The summed E-state index contributed by atoms with van der Waals surface area (Å²) in [6.45, 7) is 4.83. The van der Waals surface area contributed by atoms with E-state index < -0.39 is 0 Å². The smallest absolute Gasteiger partial charge is 0.231 e. The molecule has 0 saturated carbocycles. The van der Waals surface area contributed by atoms with Crippen LogP contribution < -0.4 is 9.47 Å². The van der Waals surface area contributed by atoms with E-state index >= 15 is 0 Å². The highest BCUT2D eigenvalue weighted by Gasteiger charge is 2.32. The number of likely N-dealkylation sites (tertiary alicyclic amines) is 1. The summed E-state index contributed by atoms with van der Waals surface area (Å²) in [7, 11) is 1.60. The number of ether oxygens (including phenoxy) is 2. The molecule has 146 valence electrons. The minimum Gasteiger partial charge on any atom is -0.507 e. The van der Waals surface area contributed by atoms with E-state index in [1.165, 1.54) is 0 Å². The number of phenolic OH excluding ortho intramolecular Hbond substituents is 1. The molecular weight excluding hydrogens is 354 g/mol. The van der Waals surface area contributed by atoms with Crippen LogP contribution in [0.25, 0.3) is 6.08 Å². The van der Waals surface area contributed by atoms with E-state index in [0.717, 1.165) is 37.4 Å². The molecule has 2 aliphatic heterocycles. The predicted octanol–water partition coefficient (Wildman–Crippen LogP) is 4.25. The second-order valence-electron chi connectivity index (χ2n) is 7.58. The first kappa shape index (κ1) is 18.6. The summed E-state index contributed by atoms with van der Waals surface area (Å²) in [4.78, 5) is 15.2. The van der Waals surface area contributed by atoms with Crippen LogP contribution in [0.4, 0.5) is 0 Å². The number of benzene rings is 2. The third-order valence-electron chi connectivity index (χ3n) is 5.60. The zero-order chi connectivity index (χ0) is 19.7. The quantitative estimate of drug-likeness (QED) is 0.805. The van der Waals surface area contributed by atoms with Crippen molar-refractivity contribution < 1.29 is 19.4 Å². The standard InChI is InChI=1S/C23H25NO4/c1-15-9-11-24(12-10-15)14-18-19(25)8-7-17-22(26)21(28-23(17)18)13-16-5-3-4-6-20(16)27-2/h3-8,13,15,25H,9-12,14H2,1-2H3/b21-13-. The Labute approximate surface area is 165 Å². The molecule has 2 aromatic carbocycles. The monoisotopic (exact) mass is 379 g/mol. The van der Waals surface area contributed by atoms with Gasteiger partial charge in [-0.1, -0.05) is 25.1 Å². The minimum absolute atomic E-state index is 0.170. The van der Waals surface area contributed by atoms with Gasteiger partial charge in [0.15, 0.2) is 5.76 Å². The highest BCUT2D eigenvalue weighted by molar-refractivity contribution is 6.15. The van der Waals surface area contributed by atoms with Crippen LogP contribution >= 0.6 is 0 Å². The van der Waals surface area contributed by atoms with Crippen LogP contribution in [0.3, 0.4) is 0 Å². The lowest BCUT2D eigenvalue weighted by atomic mass is 9.98. The number of hydrogen-bond donors (Lipinski definition) is 1. The van der Waals surface area contributed by atoms with Crippen LogP contribution in [0, 0.1) is 5.92 Å². The number of fused-ring (bicyclic) bond motifs is 1. The van der Waals surface area contributed by atoms with Crippen molar-refractivity contribution in [2.24, 2.45) is 5.92 Å². The Bertz CT molecular complexity index is 926. The molecule has 1 fully saturated rings. The molecule has 5 nitrogen and oxygen atoms in total. The van der Waals surface area contributed by atoms with Crippen molar-refractivity contribution in [2.75, 3.05) is 20.2 Å². The van der Waals surface area contributed by atoms with Gasteiger partial charge in [0.1, 0.15) is 17.2 Å². The van der Waals surface area contributed by atoms with E-state index in [1.54, 1.807) is 25.3 Å². The fraction of sp³-hybridized carbons (Fsp3) is 0.348. The molecule has 1 saturated heterocycles. The lowest BCUT2D eigenvalue weighted by Gasteiger charge is -2.30. The van der Waals surface area contributed by atoms with Crippen molar-refractivity contribution in [1.82, 2.24) is 4.90 Å². The molecule has 0 spiro atoms. The van der Waals surface area contributed by atoms with Crippen molar-refractivity contribution in [1.29, 1.82) is 0 Å². The van der Waals surface area contributed by atoms with Gasteiger partial charge >= 0.3 is 0 Å². The summed E-state index contributed by atoms with van der Waals surface area (Å²) in [5.74, 6) is 2.13. The first-order valence-corrected chi connectivity index (χ1v) is 9.71. The fourth-order valence-electron chi connectivity index (χ4n) is 3.82. The molecule has 0 amide bonds. The van der Waals surface area contributed by atoms with E-state index in [1.807, 2.05) is 24.3 Å². The van der Waals surface area contributed by atoms with Gasteiger partial charge in [-0.05, 0) is 56.1 Å². The van der Waals surface area contributed by atoms with Crippen LogP contribution in [-0.4, -0.2) is 36.0 Å². The molecule has 0 aliphatic carbocycles. The molecule has 0 radical (unpaired) electrons. The highest BCUT2D eigenvalue weighted by atomic mass is 16.5. The van der Waals surface area contributed by atoms with Crippen molar-refractivity contribution in [3.8, 4) is 17.2 Å². The molecule has 2 heterocycles. The second kappa shape index (κ2) is 7.68. The number of carbonyl (C=O) groups is 1. The van der Waals surface area contributed by atoms with Gasteiger partial charge in [-0.25, -0.2) is 0 Å². The van der Waals surface area contributed by atoms with Gasteiger partial charge in [-0.2, -0.15) is 0 Å². The maximum Gasteiger partial charge on any atom is 0.231 e. The number of aromatic hydroxyl groups is 1. The number of nitrogens with zero attached hydrogens (tertiary/aromatic N) is 1. The number of ketones is 1. The number of carbonyl (C=O) groups excluding carboxylic acids is 1. The molecule has 0 atom stereocenters. The SMILES string of the molecule is COc1ccccc1/C=C1\Oc2c(ccc(O)c2CN2CCC(C)CC2)C1=O. The molecule has 1 N–H and O–H groups in total. The molecule has 2 aromatic rings. The van der Waals surface area contributed by atoms with Crippen LogP contribution in [0.15, 0.2) is 42.2 Å². The van der Waals surface area contributed by atoms with Crippen molar-refractivity contribution in [3.05, 3.63) is 58.8 Å². The second-order valence-corrected chi connectivity index (χ2v) is 7.58. The number of piperidine rings is 1. The normalized spacial score (nSPS) is 18.9. The summed E-state index contributed by atoms with van der Waals surface area (Å²) in [5, 5.41) is 10.4. The van der Waals surface area contributed by atoms with Crippen molar-refractivity contribution in [3.63, 3.8) is 0 Å². The lowest BCUT2D eigenvalue weighted by molar-refractivity contribution is 0.101. The molecule has 5 heteroatoms. The van der Waals surface area contributed by atoms with Crippen LogP contribution in [0.5, 0.6) is 17.2 Å². The van der Waals surface area contributed by atoms with Gasteiger partial charge in [0.05, 0.1) is 18.2 Å². The number of methoxy groups -OCH3 is 1. The van der Waals surface area contributed by atoms with Crippen LogP contribution in [0.1, 0.15) is 41.3 Å². The maximum absolute atomic E-state index is 12.9. The Kier molecular flexibility index (Phi) is 5.09. The first-order chi connectivity index (χ1) is 13.6. The zero-order valence-corrected chi connectivity index (χ0v) is 16.3. The number of para-hydroxylation sites is 1. The molecule has 0 unspecified atom stereocenters. The van der Waals surface area contributed by atoms with E-state index in [-0.39, 0.29) is 17.3 Å². The number of hydrogen-bond acceptors (Lipinski definition) is 5. The van der Waals surface area contributed by atoms with Gasteiger partial charge in [0.2, 0.25) is 5.78 Å². The van der Waals surface area contributed by atoms with Gasteiger partial charge < -0.3 is 14.6 Å². The largest absolute Gasteiger partial charge is 0.507 e. The van der Waals surface area contributed by atoms with E-state index in [9.17, 15) is 9.90 Å². The first-order valence-electron chi connectivity index (χ1n) is 9.71. The highest BCUT2D eigenvalue weighted by Crippen LogP contribution is 2.41. The molecular formula is C23H25NO4. The minimum atomic E-state index is -0.172. The predicted molar refractivity (Wildman–Crippen MR) is 108 cm³/mol. The number of allylic oxidation sites excluding steroid dienone is 1. The Balaban J connectivity index is 1.64. The Morgan fingerprint density at radius 2 is 1.96 bits per heavy atom. The number of Topliss-reactive ketones (excluding diaryl/α,β-unsaturated/α-hetero) is 1. The molecule has 4 rings (SSSR count). The molecule has 0 bridgehead atoms. The number of rotatable bonds is 4. The van der Waals surface area contributed by atoms with E-state index in [0.29, 0.717) is 29.2 Å². The summed E-state index contributed by atoms with van der Waals surface area (Å²) in [6, 6.07) is 10.7. The molecule has 2 aliphatic rings. The fourth-order valence-corrected chi connectivity index (χ4v) is 3.82. The van der Waals surface area contributed by atoms with Gasteiger partial charge in [0.25, 0.3) is 0 Å². The Morgan fingerprint density at radius 3 is 2.71 bits per heavy atom. The maximum atomic E-state index is 12.9. The van der Waals surface area contributed by atoms with Gasteiger partial charge in [0, 0.05) is 12.1 Å². The lowest BCUT2D eigenvalue weighted by Crippen LogP contribution is -2.32. The third kappa shape index (κ3) is 3.50. The number of phenols is 1. The van der Waals surface area contributed by atoms with Crippen LogP contribution in [0.2, 0.25) is 0 Å². The van der Waals surface area contributed by atoms with E-state index in [2.05, 4.69) is 11.8 Å². The Hall–Kier alpha value is -2.79. The molecule has 0 aromatic heterocycles. The average Bonchev–Trinajstić information content (AvgIpc) is 3.02. The van der Waals surface area contributed by atoms with Gasteiger partial charge in [-0.3, -0.25) is 9.69 Å². The summed E-state index contributed by atoms with van der Waals surface area (Å²) < 4.78 is 11.3.